The molecule has 0 aromatic carbocycles. The molecule has 0 radical (unpaired) electrons. The van der Waals surface area contributed by atoms with E-state index in [0.717, 1.165) is 17.8 Å². The van der Waals surface area contributed by atoms with Crippen LogP contribution in [-0.4, -0.2) is 84.4 Å². The molecule has 162 valence electrons. The number of amides is 2. The Morgan fingerprint density at radius 3 is 2.59 bits per heavy atom. The molecule has 1 aliphatic rings. The van der Waals surface area contributed by atoms with E-state index in [0.29, 0.717) is 56.9 Å². The second-order valence-corrected chi connectivity index (χ2v) is 8.00. The smallest absolute Gasteiger partial charge is 0.246 e. The summed E-state index contributed by atoms with van der Waals surface area (Å²) < 4.78 is 6.70. The minimum Gasteiger partial charge on any atom is -0.383 e. The third-order valence-electron chi connectivity index (χ3n) is 4.72. The van der Waals surface area contributed by atoms with E-state index in [2.05, 4.69) is 24.3 Å². The van der Waals surface area contributed by atoms with Crippen molar-refractivity contribution >= 4 is 29.5 Å². The standard InChI is InChI=1S/C20H32ClN5O3/c1-15(2)13-26-20(21)17(16(3)23-26)5-6-19(28)25-10-8-24(9-11-25)14-18(27)22-7-12-29-4/h5-6,15H,7-14H2,1-4H3,(H,22,27). The third-order valence-corrected chi connectivity index (χ3v) is 5.12. The van der Waals surface area contributed by atoms with Crippen LogP contribution in [0.5, 0.6) is 0 Å². The Morgan fingerprint density at radius 2 is 1.97 bits per heavy atom. The highest BCUT2D eigenvalue weighted by atomic mass is 35.5. The lowest BCUT2D eigenvalue weighted by atomic mass is 10.2. The molecule has 0 bridgehead atoms. The van der Waals surface area contributed by atoms with Gasteiger partial charge in [0.05, 0.1) is 18.8 Å². The van der Waals surface area contributed by atoms with Crippen LogP contribution in [-0.2, 0) is 20.9 Å². The van der Waals surface area contributed by atoms with Gasteiger partial charge in [0, 0.05) is 58.0 Å². The van der Waals surface area contributed by atoms with Gasteiger partial charge in [-0.1, -0.05) is 25.4 Å². The zero-order valence-electron chi connectivity index (χ0n) is 17.8. The molecule has 2 heterocycles. The molecule has 1 aliphatic heterocycles. The van der Waals surface area contributed by atoms with Crippen LogP contribution in [0, 0.1) is 12.8 Å². The summed E-state index contributed by atoms with van der Waals surface area (Å²) >= 11 is 6.43. The molecule has 0 spiro atoms. The van der Waals surface area contributed by atoms with Crippen molar-refractivity contribution in [1.82, 2.24) is 24.9 Å². The summed E-state index contributed by atoms with van der Waals surface area (Å²) in [5, 5.41) is 7.83. The summed E-state index contributed by atoms with van der Waals surface area (Å²) in [6, 6.07) is 0. The lowest BCUT2D eigenvalue weighted by molar-refractivity contribution is -0.128. The molecule has 0 unspecified atom stereocenters. The van der Waals surface area contributed by atoms with Gasteiger partial charge in [-0.05, 0) is 18.9 Å². The van der Waals surface area contributed by atoms with Gasteiger partial charge in [0.15, 0.2) is 0 Å². The Bertz CT molecular complexity index is 724. The summed E-state index contributed by atoms with van der Waals surface area (Å²) in [6.07, 6.45) is 3.31. The van der Waals surface area contributed by atoms with E-state index in [4.69, 9.17) is 16.3 Å². The van der Waals surface area contributed by atoms with Crippen molar-refractivity contribution in [3.05, 3.63) is 22.5 Å². The fourth-order valence-corrected chi connectivity index (χ4v) is 3.47. The van der Waals surface area contributed by atoms with E-state index in [9.17, 15) is 9.59 Å². The number of carbonyl (C=O) groups is 2. The van der Waals surface area contributed by atoms with Gasteiger partial charge >= 0.3 is 0 Å². The number of rotatable bonds is 9. The number of piperazine rings is 1. The molecular formula is C20H32ClN5O3. The Balaban J connectivity index is 1.84. The second-order valence-electron chi connectivity index (χ2n) is 7.64. The van der Waals surface area contributed by atoms with Crippen LogP contribution in [0.2, 0.25) is 5.15 Å². The number of methoxy groups -OCH3 is 1. The van der Waals surface area contributed by atoms with E-state index in [1.54, 1.807) is 28.8 Å². The van der Waals surface area contributed by atoms with Crippen LogP contribution in [0.4, 0.5) is 0 Å². The zero-order chi connectivity index (χ0) is 21.4. The highest BCUT2D eigenvalue weighted by molar-refractivity contribution is 6.31. The molecule has 2 amide bonds. The number of ether oxygens (including phenoxy) is 1. The van der Waals surface area contributed by atoms with Crippen molar-refractivity contribution in [2.24, 2.45) is 5.92 Å². The summed E-state index contributed by atoms with van der Waals surface area (Å²) in [6.45, 7) is 10.7. The van der Waals surface area contributed by atoms with Crippen molar-refractivity contribution in [3.63, 3.8) is 0 Å². The minimum absolute atomic E-state index is 0.0229. The molecule has 1 N–H and O–H groups in total. The average molecular weight is 426 g/mol. The topological polar surface area (TPSA) is 79.7 Å². The van der Waals surface area contributed by atoms with Gasteiger partial charge in [-0.15, -0.1) is 0 Å². The van der Waals surface area contributed by atoms with Crippen molar-refractivity contribution in [2.75, 3.05) is 53.0 Å². The quantitative estimate of drug-likeness (QED) is 0.478. The molecule has 1 saturated heterocycles. The summed E-state index contributed by atoms with van der Waals surface area (Å²) in [4.78, 5) is 28.2. The molecule has 0 aliphatic carbocycles. The van der Waals surface area contributed by atoms with E-state index >= 15 is 0 Å². The molecule has 8 nitrogen and oxygen atoms in total. The van der Waals surface area contributed by atoms with Crippen molar-refractivity contribution in [1.29, 1.82) is 0 Å². The number of nitrogens with one attached hydrogen (secondary N) is 1. The van der Waals surface area contributed by atoms with Gasteiger partial charge in [0.2, 0.25) is 11.8 Å². The first kappa shape index (κ1) is 23.4. The van der Waals surface area contributed by atoms with Crippen LogP contribution in [0.25, 0.3) is 6.08 Å². The fourth-order valence-electron chi connectivity index (χ4n) is 3.16. The molecule has 0 saturated carbocycles. The maximum Gasteiger partial charge on any atom is 0.246 e. The fraction of sp³-hybridized carbons (Fsp3) is 0.650. The monoisotopic (exact) mass is 425 g/mol. The van der Waals surface area contributed by atoms with Crippen LogP contribution < -0.4 is 5.32 Å². The molecular weight excluding hydrogens is 394 g/mol. The van der Waals surface area contributed by atoms with Gasteiger partial charge in [-0.3, -0.25) is 19.2 Å². The van der Waals surface area contributed by atoms with Crippen molar-refractivity contribution < 1.29 is 14.3 Å². The van der Waals surface area contributed by atoms with Gasteiger partial charge in [0.1, 0.15) is 5.15 Å². The third kappa shape index (κ3) is 7.13. The van der Waals surface area contributed by atoms with Gasteiger partial charge in [-0.25, -0.2) is 0 Å². The predicted octanol–water partition coefficient (Wildman–Crippen LogP) is 1.42. The molecule has 1 aromatic heterocycles. The average Bonchev–Trinajstić information content (AvgIpc) is 2.93. The lowest BCUT2D eigenvalue weighted by Gasteiger charge is -2.33. The number of nitrogens with zero attached hydrogens (tertiary/aromatic N) is 4. The first-order chi connectivity index (χ1) is 13.8. The first-order valence-corrected chi connectivity index (χ1v) is 10.4. The predicted molar refractivity (Wildman–Crippen MR) is 114 cm³/mol. The molecule has 1 fully saturated rings. The number of aromatic nitrogens is 2. The number of halogens is 1. The Hall–Kier alpha value is -1.90. The normalized spacial score (nSPS) is 15.4. The van der Waals surface area contributed by atoms with Crippen molar-refractivity contribution in [2.45, 2.75) is 27.3 Å². The molecule has 9 heteroatoms. The lowest BCUT2D eigenvalue weighted by Crippen LogP contribution is -2.51. The Morgan fingerprint density at radius 1 is 1.28 bits per heavy atom. The molecule has 29 heavy (non-hydrogen) atoms. The van der Waals surface area contributed by atoms with Crippen LogP contribution in [0.3, 0.4) is 0 Å². The van der Waals surface area contributed by atoms with E-state index in [1.165, 1.54) is 0 Å². The number of carbonyl (C=O) groups excluding carboxylic acids is 2. The Kier molecular flexibility index (Phi) is 9.13. The molecule has 0 atom stereocenters. The van der Waals surface area contributed by atoms with E-state index in [-0.39, 0.29) is 11.8 Å². The van der Waals surface area contributed by atoms with Crippen molar-refractivity contribution in [3.8, 4) is 0 Å². The number of hydrogen-bond acceptors (Lipinski definition) is 5. The first-order valence-electron chi connectivity index (χ1n) is 9.99. The number of hydrogen-bond donors (Lipinski definition) is 1. The SMILES string of the molecule is COCCNC(=O)CN1CCN(C(=O)C=Cc2c(C)nn(CC(C)C)c2Cl)CC1. The highest BCUT2D eigenvalue weighted by Gasteiger charge is 2.21. The summed E-state index contributed by atoms with van der Waals surface area (Å²) in [5.41, 5.74) is 1.59. The minimum atomic E-state index is -0.0544. The number of aryl methyl sites for hydroxylation is 1. The summed E-state index contributed by atoms with van der Waals surface area (Å²) in [7, 11) is 1.60. The maximum absolute atomic E-state index is 12.5. The second kappa shape index (κ2) is 11.3. The van der Waals surface area contributed by atoms with E-state index in [1.807, 2.05) is 11.8 Å². The summed E-state index contributed by atoms with van der Waals surface area (Å²) in [5.74, 6) is 0.357. The van der Waals surface area contributed by atoms with Gasteiger partial charge < -0.3 is 15.0 Å². The van der Waals surface area contributed by atoms with Gasteiger partial charge in [-0.2, -0.15) is 5.10 Å². The van der Waals surface area contributed by atoms with Gasteiger partial charge in [0.25, 0.3) is 0 Å². The van der Waals surface area contributed by atoms with E-state index < -0.39 is 0 Å². The Labute approximate surface area is 177 Å². The zero-order valence-corrected chi connectivity index (χ0v) is 18.5. The molecule has 2 rings (SSSR count). The van der Waals surface area contributed by atoms with Crippen LogP contribution in [0.1, 0.15) is 25.1 Å². The highest BCUT2D eigenvalue weighted by Crippen LogP contribution is 2.22. The molecule has 1 aromatic rings. The maximum atomic E-state index is 12.5. The van der Waals surface area contributed by atoms with Crippen LogP contribution in [0.15, 0.2) is 6.08 Å². The largest absolute Gasteiger partial charge is 0.383 e. The van der Waals surface area contributed by atoms with Crippen LogP contribution >= 0.6 is 11.6 Å².